The Labute approximate surface area is 170 Å². The molecule has 140 valence electrons. The van der Waals surface area contributed by atoms with Crippen molar-refractivity contribution < 1.29 is 8.94 Å². The van der Waals surface area contributed by atoms with Crippen molar-refractivity contribution in [1.82, 2.24) is 15.8 Å². The number of nitrogens with one attached hydrogen (secondary N) is 2. The van der Waals surface area contributed by atoms with E-state index in [2.05, 4.69) is 33.8 Å². The van der Waals surface area contributed by atoms with E-state index in [0.717, 1.165) is 58.2 Å². The first-order chi connectivity index (χ1) is 12.1. The van der Waals surface area contributed by atoms with E-state index in [-0.39, 0.29) is 24.0 Å². The molecule has 1 aromatic carbocycles. The number of aliphatic imine (C=N–C) groups is 1. The summed E-state index contributed by atoms with van der Waals surface area (Å²) in [6, 6.07) is 8.08. The fourth-order valence-electron chi connectivity index (χ4n) is 2.94. The average Bonchev–Trinajstić information content (AvgIpc) is 3.11. The Hall–Kier alpha value is -2.03. The summed E-state index contributed by atoms with van der Waals surface area (Å²) in [5.74, 6) is 2.54. The summed E-state index contributed by atoms with van der Waals surface area (Å²) in [6.07, 6.45) is 0.839. The molecule has 6 nitrogen and oxygen atoms in total. The molecule has 0 radical (unpaired) electrons. The SMILES string of the molecule is CN=C(NCCc1c(C)noc1C)NCc1oc2ccccc2c1C.I. The number of guanidine groups is 1. The van der Waals surface area contributed by atoms with Crippen molar-refractivity contribution in [2.45, 2.75) is 33.7 Å². The highest BCUT2D eigenvalue weighted by Crippen LogP contribution is 2.24. The molecule has 26 heavy (non-hydrogen) atoms. The fourth-order valence-corrected chi connectivity index (χ4v) is 2.94. The van der Waals surface area contributed by atoms with Crippen LogP contribution in [0.25, 0.3) is 11.0 Å². The first-order valence-electron chi connectivity index (χ1n) is 8.43. The molecule has 2 aromatic heterocycles. The maximum Gasteiger partial charge on any atom is 0.191 e. The number of hydrogen-bond acceptors (Lipinski definition) is 4. The number of aromatic nitrogens is 1. The van der Waals surface area contributed by atoms with E-state index >= 15 is 0 Å². The molecular weight excluding hydrogens is 443 g/mol. The van der Waals surface area contributed by atoms with Gasteiger partial charge in [0.15, 0.2) is 5.96 Å². The van der Waals surface area contributed by atoms with Gasteiger partial charge in [-0.05, 0) is 33.3 Å². The van der Waals surface area contributed by atoms with E-state index in [9.17, 15) is 0 Å². The van der Waals surface area contributed by atoms with Crippen molar-refractivity contribution in [1.29, 1.82) is 0 Å². The Kier molecular flexibility index (Phi) is 7.07. The normalized spacial score (nSPS) is 11.5. The molecule has 0 spiro atoms. The molecular formula is C19H25IN4O2. The van der Waals surface area contributed by atoms with Crippen LogP contribution in [0.3, 0.4) is 0 Å². The lowest BCUT2D eigenvalue weighted by Gasteiger charge is -2.11. The van der Waals surface area contributed by atoms with Crippen LogP contribution >= 0.6 is 24.0 Å². The van der Waals surface area contributed by atoms with Crippen LogP contribution in [0.5, 0.6) is 0 Å². The second-order valence-corrected chi connectivity index (χ2v) is 6.05. The van der Waals surface area contributed by atoms with E-state index < -0.39 is 0 Å². The molecule has 0 saturated heterocycles. The van der Waals surface area contributed by atoms with E-state index in [4.69, 9.17) is 8.94 Å². The largest absolute Gasteiger partial charge is 0.459 e. The molecule has 0 aliphatic heterocycles. The van der Waals surface area contributed by atoms with Gasteiger partial charge in [0.25, 0.3) is 0 Å². The number of hydrogen-bond donors (Lipinski definition) is 2. The van der Waals surface area contributed by atoms with Crippen LogP contribution in [-0.4, -0.2) is 24.7 Å². The third kappa shape index (κ3) is 4.38. The van der Waals surface area contributed by atoms with Crippen LogP contribution in [0.15, 0.2) is 38.2 Å². The highest BCUT2D eigenvalue weighted by molar-refractivity contribution is 14.0. The number of aryl methyl sites for hydroxylation is 3. The topological polar surface area (TPSA) is 75.6 Å². The number of para-hydroxylation sites is 1. The van der Waals surface area contributed by atoms with Gasteiger partial charge in [0.1, 0.15) is 17.1 Å². The predicted octanol–water partition coefficient (Wildman–Crippen LogP) is 3.87. The maximum absolute atomic E-state index is 5.92. The molecule has 0 bridgehead atoms. The molecule has 0 fully saturated rings. The zero-order valence-corrected chi connectivity index (χ0v) is 17.9. The molecule has 2 heterocycles. The third-order valence-corrected chi connectivity index (χ3v) is 4.43. The molecule has 2 N–H and O–H groups in total. The smallest absolute Gasteiger partial charge is 0.191 e. The van der Waals surface area contributed by atoms with Crippen molar-refractivity contribution in [3.8, 4) is 0 Å². The van der Waals surface area contributed by atoms with Crippen LogP contribution < -0.4 is 10.6 Å². The second kappa shape index (κ2) is 9.07. The quantitative estimate of drug-likeness (QED) is 0.338. The van der Waals surface area contributed by atoms with Gasteiger partial charge >= 0.3 is 0 Å². The van der Waals surface area contributed by atoms with Gasteiger partial charge in [-0.3, -0.25) is 4.99 Å². The Morgan fingerprint density at radius 2 is 1.92 bits per heavy atom. The van der Waals surface area contributed by atoms with Gasteiger partial charge in [-0.15, -0.1) is 24.0 Å². The van der Waals surface area contributed by atoms with Crippen molar-refractivity contribution in [2.75, 3.05) is 13.6 Å². The zero-order chi connectivity index (χ0) is 17.8. The van der Waals surface area contributed by atoms with Crippen LogP contribution in [0.1, 0.15) is 28.3 Å². The van der Waals surface area contributed by atoms with E-state index in [1.807, 2.05) is 32.0 Å². The maximum atomic E-state index is 5.92. The monoisotopic (exact) mass is 468 g/mol. The number of rotatable bonds is 5. The van der Waals surface area contributed by atoms with Crippen molar-refractivity contribution >= 4 is 40.9 Å². The Morgan fingerprint density at radius 3 is 2.58 bits per heavy atom. The average molecular weight is 468 g/mol. The predicted molar refractivity (Wildman–Crippen MR) is 114 cm³/mol. The van der Waals surface area contributed by atoms with Crippen molar-refractivity contribution in [3.05, 3.63) is 52.6 Å². The molecule has 0 aliphatic carbocycles. The van der Waals surface area contributed by atoms with Gasteiger partial charge in [0, 0.05) is 30.1 Å². The van der Waals surface area contributed by atoms with Crippen LogP contribution in [-0.2, 0) is 13.0 Å². The summed E-state index contributed by atoms with van der Waals surface area (Å²) in [6.45, 7) is 7.32. The summed E-state index contributed by atoms with van der Waals surface area (Å²) in [7, 11) is 1.76. The molecule has 0 aliphatic rings. The van der Waals surface area contributed by atoms with E-state index in [0.29, 0.717) is 6.54 Å². The van der Waals surface area contributed by atoms with Gasteiger partial charge in [-0.2, -0.15) is 0 Å². The summed E-state index contributed by atoms with van der Waals surface area (Å²) >= 11 is 0. The van der Waals surface area contributed by atoms with E-state index in [1.54, 1.807) is 7.05 Å². The summed E-state index contributed by atoms with van der Waals surface area (Å²) in [4.78, 5) is 4.26. The lowest BCUT2D eigenvalue weighted by atomic mass is 10.1. The molecule has 0 unspecified atom stereocenters. The molecule has 0 saturated carbocycles. The first-order valence-corrected chi connectivity index (χ1v) is 8.43. The number of nitrogens with zero attached hydrogens (tertiary/aromatic N) is 2. The van der Waals surface area contributed by atoms with Crippen LogP contribution in [0, 0.1) is 20.8 Å². The van der Waals surface area contributed by atoms with Crippen molar-refractivity contribution in [2.24, 2.45) is 4.99 Å². The molecule has 7 heteroatoms. The Balaban J connectivity index is 0.00000243. The Bertz CT molecular complexity index is 879. The summed E-state index contributed by atoms with van der Waals surface area (Å²) in [5.41, 5.74) is 4.17. The minimum atomic E-state index is 0. The molecule has 0 atom stereocenters. The standard InChI is InChI=1S/C19H24N4O2.HI/c1-12-15-7-5-6-8-17(15)24-18(12)11-22-19(20-4)21-10-9-16-13(2)23-25-14(16)3;/h5-8H,9-11H2,1-4H3,(H2,20,21,22);1H. The Morgan fingerprint density at radius 1 is 1.15 bits per heavy atom. The van der Waals surface area contributed by atoms with Gasteiger partial charge in [-0.1, -0.05) is 23.4 Å². The van der Waals surface area contributed by atoms with Crippen molar-refractivity contribution in [3.63, 3.8) is 0 Å². The number of furan rings is 1. The van der Waals surface area contributed by atoms with Gasteiger partial charge in [-0.25, -0.2) is 0 Å². The lowest BCUT2D eigenvalue weighted by molar-refractivity contribution is 0.392. The number of benzene rings is 1. The first kappa shape index (κ1) is 20.3. The summed E-state index contributed by atoms with van der Waals surface area (Å²) < 4.78 is 11.1. The highest BCUT2D eigenvalue weighted by atomic mass is 127. The van der Waals surface area contributed by atoms with Gasteiger partial charge in [0.05, 0.1) is 12.2 Å². The molecule has 0 amide bonds. The zero-order valence-electron chi connectivity index (χ0n) is 15.5. The van der Waals surface area contributed by atoms with E-state index in [1.165, 1.54) is 0 Å². The van der Waals surface area contributed by atoms with Gasteiger partial charge in [0.2, 0.25) is 0 Å². The fraction of sp³-hybridized carbons (Fsp3) is 0.368. The number of fused-ring (bicyclic) bond motifs is 1. The minimum Gasteiger partial charge on any atom is -0.459 e. The lowest BCUT2D eigenvalue weighted by Crippen LogP contribution is -2.38. The van der Waals surface area contributed by atoms with Crippen LogP contribution in [0.4, 0.5) is 0 Å². The van der Waals surface area contributed by atoms with Gasteiger partial charge < -0.3 is 19.6 Å². The summed E-state index contributed by atoms with van der Waals surface area (Å²) in [5, 5.41) is 11.7. The highest BCUT2D eigenvalue weighted by Gasteiger charge is 2.11. The van der Waals surface area contributed by atoms with Crippen LogP contribution in [0.2, 0.25) is 0 Å². The molecule has 3 rings (SSSR count). The second-order valence-electron chi connectivity index (χ2n) is 6.05. The minimum absolute atomic E-state index is 0. The third-order valence-electron chi connectivity index (χ3n) is 4.43. The molecule has 3 aromatic rings. The number of halogens is 1.